The van der Waals surface area contributed by atoms with Crippen LogP contribution in [0.5, 0.6) is 0 Å². The molecular weight excluding hydrogens is 362 g/mol. The Morgan fingerprint density at radius 3 is 2.11 bits per heavy atom. The lowest BCUT2D eigenvalue weighted by molar-refractivity contribution is 0.564. The van der Waals surface area contributed by atoms with E-state index < -0.39 is 0 Å². The molecule has 0 N–H and O–H groups in total. The lowest BCUT2D eigenvalue weighted by Gasteiger charge is -2.10. The standard InChI is InChI=1S/C26H32ClN/c1-2-3-4-5-6-7-8-9-10-13-23-20-25(21-16-18-22(27)19-17-21)24-14-11-12-15-26(24)28-23/h11-12,14-20H,2-10,13H2,1H3. The minimum Gasteiger partial charge on any atom is -0.253 e. The summed E-state index contributed by atoms with van der Waals surface area (Å²) in [6.45, 7) is 2.28. The second-order valence-corrected chi connectivity index (χ2v) is 8.20. The first-order chi connectivity index (χ1) is 13.8. The topological polar surface area (TPSA) is 12.9 Å². The maximum atomic E-state index is 6.08. The predicted octanol–water partition coefficient (Wildman–Crippen LogP) is 8.63. The highest BCUT2D eigenvalue weighted by Gasteiger charge is 2.08. The molecule has 0 saturated carbocycles. The molecule has 0 spiro atoms. The normalized spacial score (nSPS) is 11.2. The van der Waals surface area contributed by atoms with Gasteiger partial charge >= 0.3 is 0 Å². The number of nitrogens with zero attached hydrogens (tertiary/aromatic N) is 1. The molecule has 0 fully saturated rings. The van der Waals surface area contributed by atoms with Gasteiger partial charge in [0.1, 0.15) is 0 Å². The molecule has 3 aromatic rings. The van der Waals surface area contributed by atoms with Gasteiger partial charge < -0.3 is 0 Å². The zero-order valence-corrected chi connectivity index (χ0v) is 17.8. The van der Waals surface area contributed by atoms with Crippen LogP contribution in [0.2, 0.25) is 5.02 Å². The summed E-state index contributed by atoms with van der Waals surface area (Å²) in [5, 5.41) is 1.98. The molecule has 0 aliphatic heterocycles. The highest BCUT2D eigenvalue weighted by atomic mass is 35.5. The van der Waals surface area contributed by atoms with E-state index in [2.05, 4.69) is 49.4 Å². The number of para-hydroxylation sites is 1. The molecule has 1 aromatic heterocycles. The molecule has 0 radical (unpaired) electrons. The van der Waals surface area contributed by atoms with Crippen molar-refractivity contribution in [1.29, 1.82) is 0 Å². The first-order valence-electron chi connectivity index (χ1n) is 10.9. The van der Waals surface area contributed by atoms with Gasteiger partial charge in [-0.3, -0.25) is 4.98 Å². The van der Waals surface area contributed by atoms with Gasteiger partial charge in [0.2, 0.25) is 0 Å². The van der Waals surface area contributed by atoms with Crippen LogP contribution in [0.3, 0.4) is 0 Å². The highest BCUT2D eigenvalue weighted by Crippen LogP contribution is 2.30. The van der Waals surface area contributed by atoms with Gasteiger partial charge in [-0.05, 0) is 48.2 Å². The molecule has 0 atom stereocenters. The fraction of sp³-hybridized carbons (Fsp3) is 0.423. The molecule has 148 valence electrons. The van der Waals surface area contributed by atoms with Crippen molar-refractivity contribution in [2.45, 2.75) is 71.1 Å². The smallest absolute Gasteiger partial charge is 0.0711 e. The van der Waals surface area contributed by atoms with E-state index in [0.29, 0.717) is 0 Å². The number of unbranched alkanes of at least 4 members (excludes halogenated alkanes) is 8. The van der Waals surface area contributed by atoms with E-state index in [1.807, 2.05) is 12.1 Å². The molecule has 2 aromatic carbocycles. The van der Waals surface area contributed by atoms with Crippen molar-refractivity contribution in [1.82, 2.24) is 4.98 Å². The number of aromatic nitrogens is 1. The zero-order valence-electron chi connectivity index (χ0n) is 17.1. The fourth-order valence-corrected chi connectivity index (χ4v) is 3.97. The van der Waals surface area contributed by atoms with E-state index in [-0.39, 0.29) is 0 Å². The Kier molecular flexibility index (Phi) is 8.36. The fourth-order valence-electron chi connectivity index (χ4n) is 3.84. The maximum absolute atomic E-state index is 6.08. The molecule has 2 heteroatoms. The monoisotopic (exact) mass is 393 g/mol. The van der Waals surface area contributed by atoms with E-state index in [1.54, 1.807) is 0 Å². The van der Waals surface area contributed by atoms with E-state index in [4.69, 9.17) is 16.6 Å². The molecule has 0 unspecified atom stereocenters. The van der Waals surface area contributed by atoms with E-state index >= 15 is 0 Å². The Labute approximate surface area is 175 Å². The van der Waals surface area contributed by atoms with Crippen molar-refractivity contribution in [2.75, 3.05) is 0 Å². The van der Waals surface area contributed by atoms with Gasteiger partial charge in [-0.2, -0.15) is 0 Å². The largest absolute Gasteiger partial charge is 0.253 e. The number of rotatable bonds is 11. The summed E-state index contributed by atoms with van der Waals surface area (Å²) in [7, 11) is 0. The Morgan fingerprint density at radius 2 is 1.39 bits per heavy atom. The average Bonchev–Trinajstić information content (AvgIpc) is 2.72. The second-order valence-electron chi connectivity index (χ2n) is 7.76. The van der Waals surface area contributed by atoms with Crippen molar-refractivity contribution >= 4 is 22.5 Å². The average molecular weight is 394 g/mol. The van der Waals surface area contributed by atoms with Crippen LogP contribution in [-0.2, 0) is 6.42 Å². The molecule has 0 saturated heterocycles. The van der Waals surface area contributed by atoms with Crippen molar-refractivity contribution in [2.24, 2.45) is 0 Å². The maximum Gasteiger partial charge on any atom is 0.0711 e. The minimum atomic E-state index is 0.775. The van der Waals surface area contributed by atoms with Gasteiger partial charge in [-0.1, -0.05) is 100 Å². The molecule has 0 aliphatic carbocycles. The van der Waals surface area contributed by atoms with Crippen LogP contribution in [-0.4, -0.2) is 4.98 Å². The van der Waals surface area contributed by atoms with Gasteiger partial charge in [0.05, 0.1) is 5.52 Å². The summed E-state index contributed by atoms with van der Waals surface area (Å²) in [6, 6.07) is 18.9. The number of halogens is 1. The van der Waals surface area contributed by atoms with Crippen LogP contribution in [0.4, 0.5) is 0 Å². The molecule has 0 aliphatic rings. The Bertz CT molecular complexity index is 854. The molecular formula is C26H32ClN. The van der Waals surface area contributed by atoms with Gasteiger partial charge in [-0.15, -0.1) is 0 Å². The van der Waals surface area contributed by atoms with Crippen LogP contribution in [0.15, 0.2) is 54.6 Å². The number of aryl methyl sites for hydroxylation is 1. The number of hydrogen-bond acceptors (Lipinski definition) is 1. The number of fused-ring (bicyclic) bond motifs is 1. The zero-order chi connectivity index (χ0) is 19.6. The number of benzene rings is 2. The van der Waals surface area contributed by atoms with E-state index in [9.17, 15) is 0 Å². The third kappa shape index (κ3) is 6.07. The Balaban J connectivity index is 1.60. The Hall–Kier alpha value is -1.86. The molecule has 0 amide bonds. The SMILES string of the molecule is CCCCCCCCCCCc1cc(-c2ccc(Cl)cc2)c2ccccc2n1. The van der Waals surface area contributed by atoms with Crippen LogP contribution in [0.25, 0.3) is 22.0 Å². The van der Waals surface area contributed by atoms with E-state index in [0.717, 1.165) is 17.0 Å². The van der Waals surface area contributed by atoms with Crippen molar-refractivity contribution in [3.63, 3.8) is 0 Å². The molecule has 3 rings (SSSR count). The van der Waals surface area contributed by atoms with Gasteiger partial charge in [0.15, 0.2) is 0 Å². The lowest BCUT2D eigenvalue weighted by Crippen LogP contribution is -1.94. The summed E-state index contributed by atoms with van der Waals surface area (Å²) in [4.78, 5) is 4.92. The highest BCUT2D eigenvalue weighted by molar-refractivity contribution is 6.30. The van der Waals surface area contributed by atoms with Gasteiger partial charge in [0, 0.05) is 16.1 Å². The molecule has 1 nitrogen and oxygen atoms in total. The summed E-state index contributed by atoms with van der Waals surface area (Å²) in [6.07, 6.45) is 13.2. The number of pyridine rings is 1. The summed E-state index contributed by atoms with van der Waals surface area (Å²) in [5.74, 6) is 0. The summed E-state index contributed by atoms with van der Waals surface area (Å²) >= 11 is 6.08. The van der Waals surface area contributed by atoms with Crippen molar-refractivity contribution < 1.29 is 0 Å². The van der Waals surface area contributed by atoms with Gasteiger partial charge in [0.25, 0.3) is 0 Å². The lowest BCUT2D eigenvalue weighted by atomic mass is 9.98. The summed E-state index contributed by atoms with van der Waals surface area (Å²) in [5.41, 5.74) is 4.75. The first kappa shape index (κ1) is 20.9. The summed E-state index contributed by atoms with van der Waals surface area (Å²) < 4.78 is 0. The van der Waals surface area contributed by atoms with Crippen molar-refractivity contribution in [3.05, 3.63) is 65.3 Å². The van der Waals surface area contributed by atoms with Crippen LogP contribution < -0.4 is 0 Å². The first-order valence-corrected chi connectivity index (χ1v) is 11.3. The van der Waals surface area contributed by atoms with Crippen molar-refractivity contribution in [3.8, 4) is 11.1 Å². The van der Waals surface area contributed by atoms with Crippen LogP contribution >= 0.6 is 11.6 Å². The van der Waals surface area contributed by atoms with Crippen LogP contribution in [0.1, 0.15) is 70.4 Å². The number of hydrogen-bond donors (Lipinski definition) is 0. The Morgan fingerprint density at radius 1 is 0.750 bits per heavy atom. The molecule has 28 heavy (non-hydrogen) atoms. The van der Waals surface area contributed by atoms with E-state index in [1.165, 1.54) is 80.0 Å². The third-order valence-corrected chi connectivity index (χ3v) is 5.71. The third-order valence-electron chi connectivity index (χ3n) is 5.46. The molecule has 0 bridgehead atoms. The quantitative estimate of drug-likeness (QED) is 0.297. The minimum absolute atomic E-state index is 0.775. The van der Waals surface area contributed by atoms with Gasteiger partial charge in [-0.25, -0.2) is 0 Å². The second kappa shape index (κ2) is 11.2. The van der Waals surface area contributed by atoms with Crippen LogP contribution in [0, 0.1) is 0 Å². The molecule has 1 heterocycles. The predicted molar refractivity (Wildman–Crippen MR) is 123 cm³/mol.